The number of aliphatic carboxylic acids is 1. The number of carboxylic acids is 1. The molecule has 34 heavy (non-hydrogen) atoms. The van der Waals surface area contributed by atoms with Crippen LogP contribution in [-0.2, 0) is 14.3 Å². The van der Waals surface area contributed by atoms with Gasteiger partial charge in [0.1, 0.15) is 12.6 Å². The van der Waals surface area contributed by atoms with Gasteiger partial charge in [0.2, 0.25) is 5.91 Å². The molecule has 2 unspecified atom stereocenters. The molecule has 0 spiro atoms. The van der Waals surface area contributed by atoms with Gasteiger partial charge in [0.15, 0.2) is 0 Å². The summed E-state index contributed by atoms with van der Waals surface area (Å²) in [7, 11) is 3.47. The number of amides is 2. The quantitative estimate of drug-likeness (QED) is 0.496. The van der Waals surface area contributed by atoms with E-state index in [0.717, 1.165) is 22.3 Å². The van der Waals surface area contributed by atoms with Crippen molar-refractivity contribution in [3.05, 3.63) is 59.7 Å². The lowest BCUT2D eigenvalue weighted by Crippen LogP contribution is -2.49. The number of likely N-dealkylation sites (N-methyl/N-ethyl adjacent to an activating group) is 1. The summed E-state index contributed by atoms with van der Waals surface area (Å²) >= 11 is 0. The first-order valence-electron chi connectivity index (χ1n) is 11.5. The summed E-state index contributed by atoms with van der Waals surface area (Å²) in [4.78, 5) is 38.2. The number of carbonyl (C=O) groups excluding carboxylic acids is 2. The van der Waals surface area contributed by atoms with E-state index in [-0.39, 0.29) is 31.4 Å². The van der Waals surface area contributed by atoms with Crippen molar-refractivity contribution in [2.24, 2.45) is 5.92 Å². The van der Waals surface area contributed by atoms with Gasteiger partial charge in [-0.3, -0.25) is 4.79 Å². The first-order chi connectivity index (χ1) is 16.2. The summed E-state index contributed by atoms with van der Waals surface area (Å²) in [6.07, 6.45) is -0.643. The molecule has 182 valence electrons. The maximum Gasteiger partial charge on any atom is 0.407 e. The molecule has 0 fully saturated rings. The van der Waals surface area contributed by atoms with Crippen LogP contribution in [0.3, 0.4) is 0 Å². The van der Waals surface area contributed by atoms with Crippen LogP contribution in [0.1, 0.15) is 37.3 Å². The van der Waals surface area contributed by atoms with Gasteiger partial charge < -0.3 is 25.4 Å². The predicted molar refractivity (Wildman–Crippen MR) is 130 cm³/mol. The number of benzene rings is 2. The minimum atomic E-state index is -1.10. The van der Waals surface area contributed by atoms with Crippen molar-refractivity contribution in [3.8, 4) is 11.1 Å². The topological polar surface area (TPSA) is 108 Å². The lowest BCUT2D eigenvalue weighted by molar-refractivity contribution is -0.142. The van der Waals surface area contributed by atoms with E-state index in [1.54, 1.807) is 19.0 Å². The average molecular weight is 468 g/mol. The van der Waals surface area contributed by atoms with Crippen molar-refractivity contribution in [1.29, 1.82) is 0 Å². The van der Waals surface area contributed by atoms with Crippen LogP contribution < -0.4 is 10.6 Å². The molecule has 2 atom stereocenters. The monoisotopic (exact) mass is 467 g/mol. The Balaban J connectivity index is 1.59. The van der Waals surface area contributed by atoms with Crippen molar-refractivity contribution in [3.63, 3.8) is 0 Å². The number of nitrogens with zero attached hydrogens (tertiary/aromatic N) is 1. The summed E-state index contributed by atoms with van der Waals surface area (Å²) < 4.78 is 5.59. The Bertz CT molecular complexity index is 991. The van der Waals surface area contributed by atoms with Crippen molar-refractivity contribution in [2.75, 3.05) is 27.2 Å². The molecule has 0 bridgehead atoms. The number of fused-ring (bicyclic) bond motifs is 3. The SMILES string of the molecule is CC(C)C(CC(=O)NC(CN(C)C)C(=O)O)NC(=O)OCC1c2ccccc2-c2ccccc21. The number of rotatable bonds is 10. The van der Waals surface area contributed by atoms with Gasteiger partial charge >= 0.3 is 12.1 Å². The average Bonchev–Trinajstić information content (AvgIpc) is 3.10. The van der Waals surface area contributed by atoms with Crippen LogP contribution in [-0.4, -0.2) is 67.3 Å². The molecule has 0 saturated heterocycles. The van der Waals surface area contributed by atoms with Crippen molar-refractivity contribution >= 4 is 18.0 Å². The molecule has 3 rings (SSSR count). The molecule has 0 aliphatic heterocycles. The highest BCUT2D eigenvalue weighted by atomic mass is 16.5. The molecule has 2 aromatic carbocycles. The fourth-order valence-corrected chi connectivity index (χ4v) is 4.25. The zero-order valence-corrected chi connectivity index (χ0v) is 20.1. The standard InChI is InChI=1S/C26H33N3O5/c1-16(2)22(13-24(30)27-23(25(31)32)14-29(3)4)28-26(33)34-15-21-19-11-7-5-9-17(19)18-10-6-8-12-20(18)21/h5-12,16,21-23H,13-15H2,1-4H3,(H,27,30)(H,28,33)(H,31,32). The molecule has 8 nitrogen and oxygen atoms in total. The number of ether oxygens (including phenoxy) is 1. The molecule has 0 radical (unpaired) electrons. The smallest absolute Gasteiger partial charge is 0.407 e. The fraction of sp³-hybridized carbons (Fsp3) is 0.423. The largest absolute Gasteiger partial charge is 0.480 e. The van der Waals surface area contributed by atoms with Crippen LogP contribution in [0.2, 0.25) is 0 Å². The number of hydrogen-bond donors (Lipinski definition) is 3. The number of carbonyl (C=O) groups is 3. The van der Waals surface area contributed by atoms with Crippen LogP contribution in [0.5, 0.6) is 0 Å². The molecule has 0 heterocycles. The summed E-state index contributed by atoms with van der Waals surface area (Å²) in [5.74, 6) is -1.65. The zero-order valence-electron chi connectivity index (χ0n) is 20.1. The summed E-state index contributed by atoms with van der Waals surface area (Å²) in [6, 6.07) is 14.7. The third-order valence-corrected chi connectivity index (χ3v) is 6.04. The molecule has 0 saturated carbocycles. The molecule has 1 aliphatic carbocycles. The van der Waals surface area contributed by atoms with Crippen molar-refractivity contribution in [2.45, 2.75) is 38.3 Å². The maximum atomic E-state index is 12.6. The number of carboxylic acid groups (broad SMARTS) is 1. The van der Waals surface area contributed by atoms with Crippen LogP contribution in [0, 0.1) is 5.92 Å². The molecule has 2 amide bonds. The van der Waals surface area contributed by atoms with Gasteiger partial charge in [-0.15, -0.1) is 0 Å². The second-order valence-electron chi connectivity index (χ2n) is 9.25. The molecule has 0 aromatic heterocycles. The normalized spacial score (nSPS) is 14.3. The van der Waals surface area contributed by atoms with E-state index >= 15 is 0 Å². The lowest BCUT2D eigenvalue weighted by Gasteiger charge is -2.24. The molecule has 3 N–H and O–H groups in total. The first kappa shape index (κ1) is 25.2. The summed E-state index contributed by atoms with van der Waals surface area (Å²) in [6.45, 7) is 4.13. The van der Waals surface area contributed by atoms with E-state index in [9.17, 15) is 19.5 Å². The minimum absolute atomic E-state index is 0.0426. The Morgan fingerprint density at radius 2 is 1.53 bits per heavy atom. The maximum absolute atomic E-state index is 12.6. The Morgan fingerprint density at radius 3 is 2.03 bits per heavy atom. The molecule has 1 aliphatic rings. The second kappa shape index (κ2) is 11.2. The first-order valence-corrected chi connectivity index (χ1v) is 11.5. The van der Waals surface area contributed by atoms with E-state index in [4.69, 9.17) is 4.74 Å². The molecule has 2 aromatic rings. The Kier molecular flexibility index (Phi) is 8.28. The van der Waals surface area contributed by atoms with Gasteiger partial charge in [-0.05, 0) is 42.3 Å². The van der Waals surface area contributed by atoms with Gasteiger partial charge in [-0.25, -0.2) is 9.59 Å². The lowest BCUT2D eigenvalue weighted by atomic mass is 9.98. The van der Waals surface area contributed by atoms with Gasteiger partial charge in [-0.1, -0.05) is 62.4 Å². The Labute approximate surface area is 200 Å². The van der Waals surface area contributed by atoms with Crippen LogP contribution in [0.15, 0.2) is 48.5 Å². The van der Waals surface area contributed by atoms with E-state index < -0.39 is 30.1 Å². The Hall–Kier alpha value is -3.39. The van der Waals surface area contributed by atoms with E-state index in [2.05, 4.69) is 34.9 Å². The highest BCUT2D eigenvalue weighted by Crippen LogP contribution is 2.44. The van der Waals surface area contributed by atoms with E-state index in [1.165, 1.54) is 0 Å². The van der Waals surface area contributed by atoms with Crippen molar-refractivity contribution in [1.82, 2.24) is 15.5 Å². The second-order valence-corrected chi connectivity index (χ2v) is 9.25. The third-order valence-electron chi connectivity index (χ3n) is 6.04. The van der Waals surface area contributed by atoms with Gasteiger partial charge in [0.25, 0.3) is 0 Å². The highest BCUT2D eigenvalue weighted by Gasteiger charge is 2.30. The fourth-order valence-electron chi connectivity index (χ4n) is 4.25. The molecular weight excluding hydrogens is 434 g/mol. The van der Waals surface area contributed by atoms with Gasteiger partial charge in [-0.2, -0.15) is 0 Å². The Morgan fingerprint density at radius 1 is 0.971 bits per heavy atom. The number of nitrogens with one attached hydrogen (secondary N) is 2. The molecular formula is C26H33N3O5. The highest BCUT2D eigenvalue weighted by molar-refractivity contribution is 5.84. The van der Waals surface area contributed by atoms with Crippen LogP contribution in [0.4, 0.5) is 4.79 Å². The zero-order chi connectivity index (χ0) is 24.8. The van der Waals surface area contributed by atoms with Gasteiger partial charge in [0.05, 0.1) is 0 Å². The summed E-state index contributed by atoms with van der Waals surface area (Å²) in [5.41, 5.74) is 4.54. The summed E-state index contributed by atoms with van der Waals surface area (Å²) in [5, 5.41) is 14.7. The van der Waals surface area contributed by atoms with Gasteiger partial charge in [0, 0.05) is 24.9 Å². The van der Waals surface area contributed by atoms with Crippen LogP contribution in [0.25, 0.3) is 11.1 Å². The third kappa shape index (κ3) is 6.14. The van der Waals surface area contributed by atoms with E-state index in [0.29, 0.717) is 0 Å². The molecule has 8 heteroatoms. The minimum Gasteiger partial charge on any atom is -0.480 e. The van der Waals surface area contributed by atoms with Crippen molar-refractivity contribution < 1.29 is 24.2 Å². The number of alkyl carbamates (subject to hydrolysis) is 1. The number of hydrogen-bond acceptors (Lipinski definition) is 5. The van der Waals surface area contributed by atoms with Crippen LogP contribution >= 0.6 is 0 Å². The predicted octanol–water partition coefficient (Wildman–Crippen LogP) is 3.07. The van der Waals surface area contributed by atoms with E-state index in [1.807, 2.05) is 38.1 Å².